The monoisotopic (exact) mass is 253 g/mol. The minimum atomic E-state index is 0.101. The predicted octanol–water partition coefficient (Wildman–Crippen LogP) is 0.475. The topological polar surface area (TPSA) is 56.7 Å². The van der Waals surface area contributed by atoms with Gasteiger partial charge in [-0.2, -0.15) is 0 Å². The molecule has 0 aromatic carbocycles. The van der Waals surface area contributed by atoms with Crippen LogP contribution in [0.5, 0.6) is 0 Å². The molecule has 0 aliphatic carbocycles. The Bertz CT molecular complexity index is 369. The molecular formula is C12H19N3O3. The van der Waals surface area contributed by atoms with E-state index in [2.05, 4.69) is 9.97 Å². The maximum Gasteiger partial charge on any atom is 0.132 e. The number of methoxy groups -OCH3 is 1. The van der Waals surface area contributed by atoms with Gasteiger partial charge in [0.05, 0.1) is 38.2 Å². The summed E-state index contributed by atoms with van der Waals surface area (Å²) >= 11 is 0. The van der Waals surface area contributed by atoms with Crippen molar-refractivity contribution in [2.24, 2.45) is 0 Å². The fraction of sp³-hybridized carbons (Fsp3) is 0.667. The summed E-state index contributed by atoms with van der Waals surface area (Å²) in [6, 6.07) is 1.92. The molecule has 100 valence electrons. The fourth-order valence-electron chi connectivity index (χ4n) is 1.86. The number of hydrogen-bond donors (Lipinski definition) is 0. The molecule has 1 aromatic rings. The molecule has 6 nitrogen and oxygen atoms in total. The number of ether oxygens (including phenoxy) is 3. The van der Waals surface area contributed by atoms with Gasteiger partial charge in [0.1, 0.15) is 12.1 Å². The molecule has 1 fully saturated rings. The minimum absolute atomic E-state index is 0.101. The first kappa shape index (κ1) is 13.2. The lowest BCUT2D eigenvalue weighted by Gasteiger charge is -2.28. The fourth-order valence-corrected chi connectivity index (χ4v) is 1.86. The Hall–Kier alpha value is -1.24. The molecule has 1 aromatic heterocycles. The van der Waals surface area contributed by atoms with E-state index in [0.717, 1.165) is 18.1 Å². The second kappa shape index (κ2) is 6.63. The van der Waals surface area contributed by atoms with E-state index in [9.17, 15) is 0 Å². The molecule has 18 heavy (non-hydrogen) atoms. The molecule has 0 N–H and O–H groups in total. The van der Waals surface area contributed by atoms with Crippen molar-refractivity contribution in [2.75, 3.05) is 45.4 Å². The van der Waals surface area contributed by atoms with Crippen molar-refractivity contribution in [2.45, 2.75) is 12.7 Å². The second-order valence-electron chi connectivity index (χ2n) is 4.25. The van der Waals surface area contributed by atoms with Gasteiger partial charge in [0, 0.05) is 26.8 Å². The molecule has 0 bridgehead atoms. The number of nitrogens with zero attached hydrogens (tertiary/aromatic N) is 3. The van der Waals surface area contributed by atoms with Crippen LogP contribution < -0.4 is 4.90 Å². The van der Waals surface area contributed by atoms with E-state index in [4.69, 9.17) is 14.2 Å². The van der Waals surface area contributed by atoms with Gasteiger partial charge in [0.15, 0.2) is 0 Å². The standard InChI is InChI=1S/C12H19N3O3/c1-15(6-11-8-17-3-4-18-11)12-5-10(7-16-2)13-9-14-12/h5,9,11H,3-4,6-8H2,1-2H3. The number of aromatic nitrogens is 2. The minimum Gasteiger partial charge on any atom is -0.378 e. The smallest absolute Gasteiger partial charge is 0.132 e. The quantitative estimate of drug-likeness (QED) is 0.760. The molecule has 0 spiro atoms. The average Bonchev–Trinajstić information content (AvgIpc) is 2.40. The van der Waals surface area contributed by atoms with E-state index in [1.165, 1.54) is 0 Å². The SMILES string of the molecule is COCc1cc(N(C)CC2COCCO2)ncn1. The zero-order valence-electron chi connectivity index (χ0n) is 10.8. The van der Waals surface area contributed by atoms with Crippen LogP contribution >= 0.6 is 0 Å². The van der Waals surface area contributed by atoms with Crippen molar-refractivity contribution >= 4 is 5.82 Å². The van der Waals surface area contributed by atoms with Crippen LogP contribution in [-0.2, 0) is 20.8 Å². The zero-order valence-corrected chi connectivity index (χ0v) is 10.8. The molecule has 1 saturated heterocycles. The van der Waals surface area contributed by atoms with Crippen molar-refractivity contribution in [1.82, 2.24) is 9.97 Å². The van der Waals surface area contributed by atoms with Gasteiger partial charge in [0.2, 0.25) is 0 Å². The van der Waals surface area contributed by atoms with Crippen LogP contribution in [0.2, 0.25) is 0 Å². The summed E-state index contributed by atoms with van der Waals surface area (Å²) in [6.07, 6.45) is 1.66. The third kappa shape index (κ3) is 3.63. The van der Waals surface area contributed by atoms with E-state index in [1.54, 1.807) is 13.4 Å². The van der Waals surface area contributed by atoms with E-state index >= 15 is 0 Å². The summed E-state index contributed by atoms with van der Waals surface area (Å²) in [5, 5.41) is 0. The van der Waals surface area contributed by atoms with E-state index in [-0.39, 0.29) is 6.10 Å². The first-order chi connectivity index (χ1) is 8.79. The van der Waals surface area contributed by atoms with Crippen LogP contribution in [0.15, 0.2) is 12.4 Å². The molecular weight excluding hydrogens is 234 g/mol. The van der Waals surface area contributed by atoms with Crippen molar-refractivity contribution in [3.63, 3.8) is 0 Å². The molecule has 1 unspecified atom stereocenters. The molecule has 0 saturated carbocycles. The van der Waals surface area contributed by atoms with E-state index in [0.29, 0.717) is 26.4 Å². The molecule has 6 heteroatoms. The first-order valence-electron chi connectivity index (χ1n) is 6.00. The molecule has 0 amide bonds. The molecule has 0 radical (unpaired) electrons. The van der Waals surface area contributed by atoms with Gasteiger partial charge in [-0.3, -0.25) is 0 Å². The van der Waals surface area contributed by atoms with Crippen LogP contribution in [0.3, 0.4) is 0 Å². The van der Waals surface area contributed by atoms with Crippen molar-refractivity contribution < 1.29 is 14.2 Å². The van der Waals surface area contributed by atoms with Gasteiger partial charge in [0.25, 0.3) is 0 Å². The maximum absolute atomic E-state index is 5.61. The van der Waals surface area contributed by atoms with Gasteiger partial charge >= 0.3 is 0 Å². The highest BCUT2D eigenvalue weighted by atomic mass is 16.6. The second-order valence-corrected chi connectivity index (χ2v) is 4.25. The summed E-state index contributed by atoms with van der Waals surface area (Å²) in [6.45, 7) is 3.24. The highest BCUT2D eigenvalue weighted by Crippen LogP contribution is 2.12. The number of hydrogen-bond acceptors (Lipinski definition) is 6. The highest BCUT2D eigenvalue weighted by Gasteiger charge is 2.17. The van der Waals surface area contributed by atoms with Crippen LogP contribution in [-0.4, -0.2) is 56.6 Å². The average molecular weight is 253 g/mol. The van der Waals surface area contributed by atoms with E-state index < -0.39 is 0 Å². The molecule has 2 heterocycles. The lowest BCUT2D eigenvalue weighted by molar-refractivity contribution is -0.0837. The van der Waals surface area contributed by atoms with Crippen LogP contribution in [0.1, 0.15) is 5.69 Å². The predicted molar refractivity (Wildman–Crippen MR) is 66.6 cm³/mol. The number of rotatable bonds is 5. The summed E-state index contributed by atoms with van der Waals surface area (Å²) in [7, 11) is 3.63. The Labute approximate surface area is 107 Å². The zero-order chi connectivity index (χ0) is 12.8. The number of anilines is 1. The van der Waals surface area contributed by atoms with Crippen molar-refractivity contribution in [1.29, 1.82) is 0 Å². The van der Waals surface area contributed by atoms with Crippen molar-refractivity contribution in [3.05, 3.63) is 18.1 Å². The Morgan fingerprint density at radius 3 is 3.06 bits per heavy atom. The van der Waals surface area contributed by atoms with Crippen molar-refractivity contribution in [3.8, 4) is 0 Å². The Morgan fingerprint density at radius 2 is 2.33 bits per heavy atom. The van der Waals surface area contributed by atoms with Gasteiger partial charge in [-0.25, -0.2) is 9.97 Å². The highest BCUT2D eigenvalue weighted by molar-refractivity contribution is 5.37. The third-order valence-corrected chi connectivity index (χ3v) is 2.76. The molecule has 2 rings (SSSR count). The van der Waals surface area contributed by atoms with Crippen LogP contribution in [0.4, 0.5) is 5.82 Å². The summed E-state index contributed by atoms with van der Waals surface area (Å²) < 4.78 is 16.0. The van der Waals surface area contributed by atoms with Gasteiger partial charge in [-0.1, -0.05) is 0 Å². The normalized spacial score (nSPS) is 19.8. The van der Waals surface area contributed by atoms with Gasteiger partial charge in [-0.05, 0) is 0 Å². The lowest BCUT2D eigenvalue weighted by Crippen LogP contribution is -2.38. The van der Waals surface area contributed by atoms with E-state index in [1.807, 2.05) is 18.0 Å². The van der Waals surface area contributed by atoms with Crippen LogP contribution in [0, 0.1) is 0 Å². The van der Waals surface area contributed by atoms with Gasteiger partial charge < -0.3 is 19.1 Å². The summed E-state index contributed by atoms with van der Waals surface area (Å²) in [5.41, 5.74) is 0.871. The molecule has 1 aliphatic rings. The number of likely N-dealkylation sites (N-methyl/N-ethyl adjacent to an activating group) is 1. The Kier molecular flexibility index (Phi) is 4.86. The van der Waals surface area contributed by atoms with Crippen LogP contribution in [0.25, 0.3) is 0 Å². The summed E-state index contributed by atoms with van der Waals surface area (Å²) in [4.78, 5) is 10.4. The molecule has 1 aliphatic heterocycles. The largest absolute Gasteiger partial charge is 0.378 e. The summed E-state index contributed by atoms with van der Waals surface area (Å²) in [5.74, 6) is 0.867. The Morgan fingerprint density at radius 1 is 1.44 bits per heavy atom. The first-order valence-corrected chi connectivity index (χ1v) is 6.00. The lowest BCUT2D eigenvalue weighted by atomic mass is 10.3. The maximum atomic E-state index is 5.61. The molecule has 1 atom stereocenters. The van der Waals surface area contributed by atoms with Gasteiger partial charge in [-0.15, -0.1) is 0 Å². The third-order valence-electron chi connectivity index (χ3n) is 2.76. The Balaban J connectivity index is 1.94.